The predicted molar refractivity (Wildman–Crippen MR) is 144 cm³/mol. The minimum atomic E-state index is -0.254. The summed E-state index contributed by atoms with van der Waals surface area (Å²) < 4.78 is 12.3. The number of methoxy groups -OCH3 is 1. The van der Waals surface area contributed by atoms with Gasteiger partial charge in [-0.1, -0.05) is 30.0 Å². The summed E-state index contributed by atoms with van der Waals surface area (Å²) in [6.07, 6.45) is 5.17. The van der Waals surface area contributed by atoms with Crippen LogP contribution in [-0.4, -0.2) is 70.4 Å². The molecular formula is C25H30N4O5S2. The van der Waals surface area contributed by atoms with Crippen LogP contribution in [0.4, 0.5) is 5.82 Å². The van der Waals surface area contributed by atoms with Gasteiger partial charge in [0.1, 0.15) is 15.8 Å². The van der Waals surface area contributed by atoms with Crippen molar-refractivity contribution in [1.82, 2.24) is 14.3 Å². The number of hydrogen-bond donors (Lipinski definition) is 0. The molecule has 0 aromatic carbocycles. The Labute approximate surface area is 219 Å². The van der Waals surface area contributed by atoms with E-state index in [1.807, 2.05) is 17.9 Å². The van der Waals surface area contributed by atoms with E-state index in [0.29, 0.717) is 78.4 Å². The fourth-order valence-corrected chi connectivity index (χ4v) is 5.74. The monoisotopic (exact) mass is 530 g/mol. The highest BCUT2D eigenvalue weighted by atomic mass is 32.2. The number of thiocarbonyl (C=S) groups is 1. The number of amides is 1. The average molecular weight is 531 g/mol. The maximum atomic E-state index is 13.7. The molecule has 0 aliphatic carbocycles. The van der Waals surface area contributed by atoms with Crippen LogP contribution in [0.1, 0.15) is 37.3 Å². The van der Waals surface area contributed by atoms with Gasteiger partial charge in [-0.05, 0) is 50.8 Å². The third kappa shape index (κ3) is 5.33. The lowest BCUT2D eigenvalue weighted by atomic mass is 9.96. The van der Waals surface area contributed by atoms with Crippen molar-refractivity contribution in [3.63, 3.8) is 0 Å². The zero-order valence-corrected chi connectivity index (χ0v) is 22.3. The van der Waals surface area contributed by atoms with Crippen LogP contribution in [0.3, 0.4) is 0 Å². The number of carbonyl (C=O) groups excluding carboxylic acids is 2. The van der Waals surface area contributed by atoms with Gasteiger partial charge in [0.25, 0.3) is 11.5 Å². The number of anilines is 1. The Morgan fingerprint density at radius 3 is 2.75 bits per heavy atom. The summed E-state index contributed by atoms with van der Waals surface area (Å²) in [5, 5.41) is 0. The Hall–Kier alpha value is -2.76. The van der Waals surface area contributed by atoms with E-state index in [2.05, 4.69) is 0 Å². The van der Waals surface area contributed by atoms with Gasteiger partial charge in [0.15, 0.2) is 0 Å². The number of rotatable bonds is 8. The fraction of sp³-hybridized carbons (Fsp3) is 0.480. The second-order valence-electron chi connectivity index (χ2n) is 8.73. The van der Waals surface area contributed by atoms with Crippen LogP contribution in [0.25, 0.3) is 11.7 Å². The molecule has 0 bridgehead atoms. The molecule has 0 spiro atoms. The van der Waals surface area contributed by atoms with Gasteiger partial charge < -0.3 is 14.4 Å². The molecule has 2 aromatic heterocycles. The summed E-state index contributed by atoms with van der Waals surface area (Å²) >= 11 is 6.63. The van der Waals surface area contributed by atoms with Crippen molar-refractivity contribution in [2.24, 2.45) is 5.92 Å². The molecule has 0 unspecified atom stereocenters. The highest BCUT2D eigenvalue weighted by Crippen LogP contribution is 2.34. The van der Waals surface area contributed by atoms with Gasteiger partial charge >= 0.3 is 5.97 Å². The van der Waals surface area contributed by atoms with E-state index in [0.717, 1.165) is 5.56 Å². The molecule has 0 N–H and O–H groups in total. The van der Waals surface area contributed by atoms with Crippen molar-refractivity contribution in [3.8, 4) is 0 Å². The Bertz CT molecular complexity index is 1270. The first-order chi connectivity index (χ1) is 17.3. The number of thioether (sulfide) groups is 1. The van der Waals surface area contributed by atoms with Crippen LogP contribution in [-0.2, 0) is 19.1 Å². The number of piperidine rings is 1. The lowest BCUT2D eigenvalue weighted by Gasteiger charge is -2.32. The Balaban J connectivity index is 1.71. The van der Waals surface area contributed by atoms with Gasteiger partial charge in [0, 0.05) is 39.5 Å². The van der Waals surface area contributed by atoms with Gasteiger partial charge in [-0.15, -0.1) is 0 Å². The molecule has 192 valence electrons. The van der Waals surface area contributed by atoms with Gasteiger partial charge in [-0.25, -0.2) is 4.98 Å². The SMILES string of the molecule is CCOC(=O)C1CCN(c2nc3c(C)cccn3c(=O)c2/C=C2\SC(=S)N(CCCOC)C2=O)CC1. The molecule has 0 radical (unpaired) electrons. The quantitative estimate of drug-likeness (QED) is 0.221. The highest BCUT2D eigenvalue weighted by Gasteiger charge is 2.33. The standard InChI is InChI=1S/C25H30N4O5S2/c1-4-34-24(32)17-8-12-27(13-9-17)21-18(22(30)28-10-5-7-16(2)20(28)26-21)15-19-23(31)29(25(35)36-19)11-6-14-33-3/h5,7,10,15,17H,4,6,8-9,11-14H2,1-3H3/b19-15-. The summed E-state index contributed by atoms with van der Waals surface area (Å²) in [7, 11) is 1.61. The third-order valence-corrected chi connectivity index (χ3v) is 7.74. The minimum absolute atomic E-state index is 0.170. The number of pyridine rings is 1. The van der Waals surface area contributed by atoms with E-state index in [1.54, 1.807) is 37.3 Å². The highest BCUT2D eigenvalue weighted by molar-refractivity contribution is 8.26. The maximum absolute atomic E-state index is 13.7. The zero-order valence-electron chi connectivity index (χ0n) is 20.7. The van der Waals surface area contributed by atoms with Gasteiger partial charge in [0.05, 0.1) is 23.0 Å². The fourth-order valence-electron chi connectivity index (χ4n) is 4.45. The zero-order chi connectivity index (χ0) is 25.8. The number of esters is 1. The number of ether oxygens (including phenoxy) is 2. The molecule has 2 aliphatic rings. The number of aryl methyl sites for hydroxylation is 1. The number of nitrogens with zero attached hydrogens (tertiary/aromatic N) is 4. The smallest absolute Gasteiger partial charge is 0.309 e. The molecule has 2 fully saturated rings. The molecule has 4 rings (SSSR count). The molecule has 1 amide bonds. The molecular weight excluding hydrogens is 500 g/mol. The molecule has 11 heteroatoms. The van der Waals surface area contributed by atoms with Crippen LogP contribution >= 0.6 is 24.0 Å². The van der Waals surface area contributed by atoms with Crippen LogP contribution in [0.15, 0.2) is 28.0 Å². The van der Waals surface area contributed by atoms with Gasteiger partial charge in [-0.3, -0.25) is 23.7 Å². The maximum Gasteiger partial charge on any atom is 0.309 e. The largest absolute Gasteiger partial charge is 0.466 e. The van der Waals surface area contributed by atoms with Crippen LogP contribution in [0, 0.1) is 12.8 Å². The third-order valence-electron chi connectivity index (χ3n) is 6.36. The van der Waals surface area contributed by atoms with E-state index in [1.165, 1.54) is 16.2 Å². The normalized spacial score (nSPS) is 18.0. The topological polar surface area (TPSA) is 93.5 Å². The van der Waals surface area contributed by atoms with Crippen molar-refractivity contribution >= 4 is 57.7 Å². The summed E-state index contributed by atoms with van der Waals surface area (Å²) in [4.78, 5) is 47.8. The van der Waals surface area contributed by atoms with Gasteiger partial charge in [0.2, 0.25) is 0 Å². The first-order valence-electron chi connectivity index (χ1n) is 12.0. The van der Waals surface area contributed by atoms with E-state index in [4.69, 9.17) is 26.7 Å². The van der Waals surface area contributed by atoms with Crippen LogP contribution in [0.5, 0.6) is 0 Å². The summed E-state index contributed by atoms with van der Waals surface area (Å²) in [5.41, 5.74) is 1.52. The van der Waals surface area contributed by atoms with Crippen molar-refractivity contribution in [1.29, 1.82) is 0 Å². The van der Waals surface area contributed by atoms with Crippen LogP contribution in [0.2, 0.25) is 0 Å². The molecule has 9 nitrogen and oxygen atoms in total. The van der Waals surface area contributed by atoms with Crippen LogP contribution < -0.4 is 10.5 Å². The van der Waals surface area contributed by atoms with Crippen molar-refractivity contribution in [2.45, 2.75) is 33.1 Å². The Kier molecular flexibility index (Phi) is 8.43. The van der Waals surface area contributed by atoms with E-state index in [9.17, 15) is 14.4 Å². The van der Waals surface area contributed by atoms with Crippen molar-refractivity contribution < 1.29 is 19.1 Å². The molecule has 2 aliphatic heterocycles. The Morgan fingerprint density at radius 1 is 1.31 bits per heavy atom. The molecule has 4 heterocycles. The van der Waals surface area contributed by atoms with E-state index in [-0.39, 0.29) is 23.4 Å². The lowest BCUT2D eigenvalue weighted by Crippen LogP contribution is -2.39. The molecule has 36 heavy (non-hydrogen) atoms. The predicted octanol–water partition coefficient (Wildman–Crippen LogP) is 3.02. The lowest BCUT2D eigenvalue weighted by molar-refractivity contribution is -0.148. The molecule has 0 saturated carbocycles. The summed E-state index contributed by atoms with van der Waals surface area (Å²) in [5.74, 6) is -0.0590. The minimum Gasteiger partial charge on any atom is -0.466 e. The van der Waals surface area contributed by atoms with E-state index >= 15 is 0 Å². The number of hydrogen-bond acceptors (Lipinski definition) is 9. The van der Waals surface area contributed by atoms with Crippen molar-refractivity contribution in [3.05, 3.63) is 44.7 Å². The average Bonchev–Trinajstić information content (AvgIpc) is 3.14. The van der Waals surface area contributed by atoms with Crippen molar-refractivity contribution in [2.75, 3.05) is 44.9 Å². The van der Waals surface area contributed by atoms with Gasteiger partial charge in [-0.2, -0.15) is 0 Å². The first-order valence-corrected chi connectivity index (χ1v) is 13.3. The Morgan fingerprint density at radius 2 is 2.06 bits per heavy atom. The molecule has 2 aromatic rings. The first kappa shape index (κ1) is 26.3. The second-order valence-corrected chi connectivity index (χ2v) is 10.4. The molecule has 0 atom stereocenters. The number of carbonyl (C=O) groups is 2. The summed E-state index contributed by atoms with van der Waals surface area (Å²) in [6, 6.07) is 3.71. The van der Waals surface area contributed by atoms with E-state index < -0.39 is 0 Å². The second kappa shape index (κ2) is 11.5. The number of fused-ring (bicyclic) bond motifs is 1. The summed E-state index contributed by atoms with van der Waals surface area (Å²) in [6.45, 7) is 6.15. The number of aromatic nitrogens is 2. The molecule has 2 saturated heterocycles.